The third-order valence-corrected chi connectivity index (χ3v) is 4.88. The molecule has 1 aliphatic rings. The smallest absolute Gasteiger partial charge is 0.243 e. The summed E-state index contributed by atoms with van der Waals surface area (Å²) < 4.78 is 0. The lowest BCUT2D eigenvalue weighted by molar-refractivity contribution is -0.116. The Morgan fingerprint density at radius 2 is 2.04 bits per heavy atom. The molecule has 0 bridgehead atoms. The average Bonchev–Trinajstić information content (AvgIpc) is 3.09. The number of hydrogen-bond acceptors (Lipinski definition) is 4. The van der Waals surface area contributed by atoms with E-state index >= 15 is 0 Å². The molecule has 0 spiro atoms. The van der Waals surface area contributed by atoms with E-state index < -0.39 is 0 Å². The number of nitrogens with zero attached hydrogens (tertiary/aromatic N) is 3. The van der Waals surface area contributed by atoms with E-state index in [2.05, 4.69) is 11.4 Å². The first-order valence-corrected chi connectivity index (χ1v) is 9.36. The number of carbonyl (C=O) groups is 2. The van der Waals surface area contributed by atoms with Crippen LogP contribution < -0.4 is 15.1 Å². The van der Waals surface area contributed by atoms with E-state index in [1.54, 1.807) is 24.0 Å². The van der Waals surface area contributed by atoms with Crippen LogP contribution >= 0.6 is 0 Å². The molecule has 28 heavy (non-hydrogen) atoms. The number of benzene rings is 2. The van der Waals surface area contributed by atoms with Gasteiger partial charge in [-0.2, -0.15) is 5.26 Å². The van der Waals surface area contributed by atoms with Gasteiger partial charge in [-0.15, -0.1) is 0 Å². The first kappa shape index (κ1) is 19.4. The van der Waals surface area contributed by atoms with E-state index in [9.17, 15) is 9.59 Å². The van der Waals surface area contributed by atoms with Crippen molar-refractivity contribution in [2.24, 2.45) is 0 Å². The first-order chi connectivity index (χ1) is 13.4. The predicted molar refractivity (Wildman–Crippen MR) is 110 cm³/mol. The van der Waals surface area contributed by atoms with Gasteiger partial charge in [0.25, 0.3) is 0 Å². The van der Waals surface area contributed by atoms with Crippen LogP contribution in [0.4, 0.5) is 17.1 Å². The summed E-state index contributed by atoms with van der Waals surface area (Å²) >= 11 is 0. The van der Waals surface area contributed by atoms with Crippen molar-refractivity contribution in [3.8, 4) is 6.07 Å². The second-order valence-electron chi connectivity index (χ2n) is 7.20. The molecule has 0 saturated carbocycles. The SMILES string of the molecule is CC(=O)N1CCc2cc(NC(=O)CN(c3cccc(C#N)c3)C(C)C)ccc21. The molecule has 1 aliphatic heterocycles. The summed E-state index contributed by atoms with van der Waals surface area (Å²) in [7, 11) is 0. The number of amides is 2. The summed E-state index contributed by atoms with van der Waals surface area (Å²) in [6.07, 6.45) is 0.789. The highest BCUT2D eigenvalue weighted by Gasteiger charge is 2.22. The van der Waals surface area contributed by atoms with Gasteiger partial charge in [0.05, 0.1) is 18.2 Å². The van der Waals surface area contributed by atoms with Gasteiger partial charge in [0.15, 0.2) is 0 Å². The molecule has 0 aliphatic carbocycles. The van der Waals surface area contributed by atoms with Crippen molar-refractivity contribution in [1.29, 1.82) is 5.26 Å². The normalized spacial score (nSPS) is 12.5. The lowest BCUT2D eigenvalue weighted by Gasteiger charge is -2.28. The van der Waals surface area contributed by atoms with Crippen LogP contribution in [0.25, 0.3) is 0 Å². The van der Waals surface area contributed by atoms with Crippen molar-refractivity contribution in [2.75, 3.05) is 28.2 Å². The molecule has 6 nitrogen and oxygen atoms in total. The molecule has 2 amide bonds. The van der Waals surface area contributed by atoms with Crippen LogP contribution in [0.2, 0.25) is 0 Å². The Balaban J connectivity index is 1.72. The van der Waals surface area contributed by atoms with Gasteiger partial charge in [0.1, 0.15) is 0 Å². The molecule has 0 aromatic heterocycles. The minimum Gasteiger partial charge on any atom is -0.360 e. The number of anilines is 3. The molecule has 1 heterocycles. The lowest BCUT2D eigenvalue weighted by Crippen LogP contribution is -2.38. The summed E-state index contributed by atoms with van der Waals surface area (Å²) in [6, 6.07) is 15.1. The number of fused-ring (bicyclic) bond motifs is 1. The molecule has 0 saturated heterocycles. The second kappa shape index (κ2) is 8.13. The quantitative estimate of drug-likeness (QED) is 0.868. The summed E-state index contributed by atoms with van der Waals surface area (Å²) in [5, 5.41) is 12.1. The van der Waals surface area contributed by atoms with Gasteiger partial charge in [0, 0.05) is 36.6 Å². The van der Waals surface area contributed by atoms with E-state index in [-0.39, 0.29) is 24.4 Å². The Hall–Kier alpha value is -3.33. The molecule has 0 atom stereocenters. The van der Waals surface area contributed by atoms with E-state index in [4.69, 9.17) is 5.26 Å². The van der Waals surface area contributed by atoms with Crippen molar-refractivity contribution in [3.63, 3.8) is 0 Å². The summed E-state index contributed by atoms with van der Waals surface area (Å²) in [5.74, 6) is -0.0971. The number of nitriles is 1. The Bertz CT molecular complexity index is 946. The minimum atomic E-state index is -0.127. The van der Waals surface area contributed by atoms with Gasteiger partial charge < -0.3 is 15.1 Å². The van der Waals surface area contributed by atoms with E-state index in [0.29, 0.717) is 12.1 Å². The first-order valence-electron chi connectivity index (χ1n) is 9.36. The fraction of sp³-hybridized carbons (Fsp3) is 0.318. The van der Waals surface area contributed by atoms with Crippen LogP contribution in [0, 0.1) is 11.3 Å². The molecule has 0 fully saturated rings. The molecule has 0 unspecified atom stereocenters. The molecule has 3 rings (SSSR count). The maximum absolute atomic E-state index is 12.6. The zero-order chi connectivity index (χ0) is 20.3. The summed E-state index contributed by atoms with van der Waals surface area (Å²) in [5.41, 5.74) is 4.12. The van der Waals surface area contributed by atoms with Gasteiger partial charge in [-0.3, -0.25) is 9.59 Å². The van der Waals surface area contributed by atoms with Crippen molar-refractivity contribution in [2.45, 2.75) is 33.2 Å². The van der Waals surface area contributed by atoms with Crippen LogP contribution in [0.5, 0.6) is 0 Å². The molecule has 2 aromatic carbocycles. The number of hydrogen-bond donors (Lipinski definition) is 1. The summed E-state index contributed by atoms with van der Waals surface area (Å²) in [4.78, 5) is 28.0. The predicted octanol–water partition coefficient (Wildman–Crippen LogP) is 3.32. The van der Waals surface area contributed by atoms with Gasteiger partial charge in [-0.25, -0.2) is 0 Å². The molecule has 6 heteroatoms. The van der Waals surface area contributed by atoms with Gasteiger partial charge in [0.2, 0.25) is 11.8 Å². The van der Waals surface area contributed by atoms with Crippen molar-refractivity contribution < 1.29 is 9.59 Å². The van der Waals surface area contributed by atoms with Crippen LogP contribution in [0.1, 0.15) is 31.9 Å². The largest absolute Gasteiger partial charge is 0.360 e. The third-order valence-electron chi connectivity index (χ3n) is 4.88. The summed E-state index contributed by atoms with van der Waals surface area (Å²) in [6.45, 7) is 6.45. The Morgan fingerprint density at radius 1 is 1.25 bits per heavy atom. The average molecular weight is 376 g/mol. The molecule has 2 aromatic rings. The third kappa shape index (κ3) is 4.15. The Labute approximate surface area is 165 Å². The van der Waals surface area contributed by atoms with Crippen molar-refractivity contribution >= 4 is 28.9 Å². The van der Waals surface area contributed by atoms with Gasteiger partial charge in [-0.1, -0.05) is 6.07 Å². The maximum Gasteiger partial charge on any atom is 0.243 e. The highest BCUT2D eigenvalue weighted by atomic mass is 16.2. The van der Waals surface area contributed by atoms with Crippen LogP contribution in [-0.4, -0.2) is 30.9 Å². The van der Waals surface area contributed by atoms with Crippen molar-refractivity contribution in [3.05, 3.63) is 53.6 Å². The molecule has 144 valence electrons. The Morgan fingerprint density at radius 3 is 2.71 bits per heavy atom. The van der Waals surface area contributed by atoms with Crippen LogP contribution in [0.3, 0.4) is 0 Å². The number of rotatable bonds is 5. The lowest BCUT2D eigenvalue weighted by atomic mass is 10.1. The standard InChI is InChI=1S/C22H24N4O2/c1-15(2)26(20-6-4-5-17(11-20)13-23)14-22(28)24-19-7-8-21-18(12-19)9-10-25(21)16(3)27/h4-8,11-12,15H,9-10,14H2,1-3H3,(H,24,28). The number of nitrogens with one attached hydrogen (secondary N) is 1. The monoisotopic (exact) mass is 376 g/mol. The van der Waals surface area contributed by atoms with Gasteiger partial charge >= 0.3 is 0 Å². The Kier molecular flexibility index (Phi) is 5.65. The highest BCUT2D eigenvalue weighted by molar-refractivity contribution is 5.96. The molecule has 0 radical (unpaired) electrons. The number of carbonyl (C=O) groups excluding carboxylic acids is 2. The van der Waals surface area contributed by atoms with Crippen LogP contribution in [0.15, 0.2) is 42.5 Å². The minimum absolute atomic E-state index is 0.0303. The van der Waals surface area contributed by atoms with E-state index in [1.807, 2.05) is 49.1 Å². The maximum atomic E-state index is 12.6. The van der Waals surface area contributed by atoms with Gasteiger partial charge in [-0.05, 0) is 62.2 Å². The molecular weight excluding hydrogens is 352 g/mol. The van der Waals surface area contributed by atoms with Crippen molar-refractivity contribution in [1.82, 2.24) is 0 Å². The fourth-order valence-electron chi connectivity index (χ4n) is 3.49. The topological polar surface area (TPSA) is 76.4 Å². The zero-order valence-electron chi connectivity index (χ0n) is 16.4. The fourth-order valence-corrected chi connectivity index (χ4v) is 3.49. The highest BCUT2D eigenvalue weighted by Crippen LogP contribution is 2.30. The van der Waals surface area contributed by atoms with E-state index in [1.165, 1.54) is 0 Å². The zero-order valence-corrected chi connectivity index (χ0v) is 16.4. The molecule has 1 N–H and O–H groups in total. The second-order valence-corrected chi connectivity index (χ2v) is 7.20. The molecular formula is C22H24N4O2. The van der Waals surface area contributed by atoms with E-state index in [0.717, 1.165) is 29.0 Å². The van der Waals surface area contributed by atoms with Crippen LogP contribution in [-0.2, 0) is 16.0 Å².